The van der Waals surface area contributed by atoms with Gasteiger partial charge >= 0.3 is 0 Å². The average Bonchev–Trinajstić information content (AvgIpc) is 2.59. The molecule has 0 N–H and O–H groups in total. The van der Waals surface area contributed by atoms with Crippen molar-refractivity contribution in [3.63, 3.8) is 0 Å². The molecule has 2 aliphatic heterocycles. The van der Waals surface area contributed by atoms with Gasteiger partial charge in [-0.2, -0.15) is 0 Å². The van der Waals surface area contributed by atoms with Crippen LogP contribution in [0.3, 0.4) is 0 Å². The summed E-state index contributed by atoms with van der Waals surface area (Å²) in [5.41, 5.74) is 1.14. The van der Waals surface area contributed by atoms with Gasteiger partial charge in [-0.05, 0) is 12.0 Å². The van der Waals surface area contributed by atoms with Crippen LogP contribution in [0.2, 0.25) is 0 Å². The molecule has 2 heterocycles. The van der Waals surface area contributed by atoms with Gasteiger partial charge in [-0.1, -0.05) is 30.3 Å². The normalized spacial score (nSPS) is 23.2. The van der Waals surface area contributed by atoms with Crippen LogP contribution in [0.25, 0.3) is 0 Å². The van der Waals surface area contributed by atoms with E-state index in [0.29, 0.717) is 26.4 Å². The Morgan fingerprint density at radius 3 is 2.78 bits per heavy atom. The van der Waals surface area contributed by atoms with Gasteiger partial charge in [-0.15, -0.1) is 0 Å². The number of hydrogen-bond acceptors (Lipinski definition) is 4. The number of nitrogens with zero attached hydrogens (tertiary/aromatic N) is 3. The van der Waals surface area contributed by atoms with Gasteiger partial charge in [0.05, 0.1) is 25.7 Å². The van der Waals surface area contributed by atoms with Crippen LogP contribution in [0.1, 0.15) is 18.0 Å². The van der Waals surface area contributed by atoms with E-state index in [0.717, 1.165) is 18.5 Å². The number of piperazine rings is 1. The topological polar surface area (TPSA) is 53.1 Å². The van der Waals surface area contributed by atoms with Crippen molar-refractivity contribution in [3.05, 3.63) is 35.9 Å². The summed E-state index contributed by atoms with van der Waals surface area (Å²) >= 11 is 0. The highest BCUT2D eigenvalue weighted by molar-refractivity contribution is 5.82. The number of hydrogen-bond donors (Lipinski definition) is 0. The highest BCUT2D eigenvalue weighted by Gasteiger charge is 2.31. The van der Waals surface area contributed by atoms with Crippen molar-refractivity contribution in [2.75, 3.05) is 46.6 Å². The fourth-order valence-electron chi connectivity index (χ4n) is 3.10. The lowest BCUT2D eigenvalue weighted by Crippen LogP contribution is -2.52. The van der Waals surface area contributed by atoms with Gasteiger partial charge in [0.15, 0.2) is 0 Å². The van der Waals surface area contributed by atoms with Crippen molar-refractivity contribution in [1.82, 2.24) is 14.7 Å². The Hall–Kier alpha value is -1.92. The van der Waals surface area contributed by atoms with Gasteiger partial charge in [-0.25, -0.2) is 0 Å². The lowest BCUT2D eigenvalue weighted by atomic mass is 10.0. The van der Waals surface area contributed by atoms with E-state index in [1.165, 1.54) is 0 Å². The Morgan fingerprint density at radius 1 is 1.26 bits per heavy atom. The zero-order valence-electron chi connectivity index (χ0n) is 13.5. The van der Waals surface area contributed by atoms with Gasteiger partial charge in [0.1, 0.15) is 6.73 Å². The molecular formula is C17H23N3O3. The quantitative estimate of drug-likeness (QED) is 0.824. The van der Waals surface area contributed by atoms with Crippen molar-refractivity contribution < 1.29 is 14.3 Å². The fraction of sp³-hybridized carbons (Fsp3) is 0.529. The van der Waals surface area contributed by atoms with Crippen molar-refractivity contribution in [2.45, 2.75) is 12.5 Å². The van der Waals surface area contributed by atoms with E-state index in [-0.39, 0.29) is 24.4 Å². The van der Waals surface area contributed by atoms with Crippen LogP contribution in [0.5, 0.6) is 0 Å². The van der Waals surface area contributed by atoms with Gasteiger partial charge in [0.2, 0.25) is 11.8 Å². The molecule has 0 aliphatic carbocycles. The molecule has 0 radical (unpaired) electrons. The highest BCUT2D eigenvalue weighted by Crippen LogP contribution is 2.27. The summed E-state index contributed by atoms with van der Waals surface area (Å²) in [6.45, 7) is 2.97. The lowest BCUT2D eigenvalue weighted by Gasteiger charge is -2.38. The molecule has 2 aliphatic rings. The number of benzene rings is 1. The molecular weight excluding hydrogens is 294 g/mol. The van der Waals surface area contributed by atoms with E-state index >= 15 is 0 Å². The summed E-state index contributed by atoms with van der Waals surface area (Å²) in [5, 5.41) is 0. The molecule has 23 heavy (non-hydrogen) atoms. The van der Waals surface area contributed by atoms with Gasteiger partial charge < -0.3 is 14.5 Å². The number of likely N-dealkylation sites (N-methyl/N-ethyl adjacent to an activating group) is 1. The predicted molar refractivity (Wildman–Crippen MR) is 85.5 cm³/mol. The molecule has 6 nitrogen and oxygen atoms in total. The van der Waals surface area contributed by atoms with Crippen LogP contribution in [0.4, 0.5) is 0 Å². The summed E-state index contributed by atoms with van der Waals surface area (Å²) in [6.07, 6.45) is 0.803. The monoisotopic (exact) mass is 317 g/mol. The lowest BCUT2D eigenvalue weighted by molar-refractivity contribution is -0.149. The Labute approximate surface area is 136 Å². The van der Waals surface area contributed by atoms with Crippen molar-refractivity contribution in [2.24, 2.45) is 0 Å². The van der Waals surface area contributed by atoms with E-state index in [2.05, 4.69) is 12.1 Å². The van der Waals surface area contributed by atoms with Crippen LogP contribution in [0, 0.1) is 0 Å². The summed E-state index contributed by atoms with van der Waals surface area (Å²) in [5.74, 6) is 0.0921. The first-order valence-corrected chi connectivity index (χ1v) is 8.03. The smallest absolute Gasteiger partial charge is 0.239 e. The molecule has 2 fully saturated rings. The largest absolute Gasteiger partial charge is 0.361 e. The fourth-order valence-corrected chi connectivity index (χ4v) is 3.10. The molecule has 1 aromatic carbocycles. The molecule has 1 unspecified atom stereocenters. The first-order chi connectivity index (χ1) is 11.1. The van der Waals surface area contributed by atoms with Crippen LogP contribution in [-0.2, 0) is 14.3 Å². The molecule has 2 saturated heterocycles. The third-order valence-corrected chi connectivity index (χ3v) is 4.54. The third-order valence-electron chi connectivity index (χ3n) is 4.54. The third kappa shape index (κ3) is 3.71. The van der Waals surface area contributed by atoms with Gasteiger partial charge in [0.25, 0.3) is 0 Å². The van der Waals surface area contributed by atoms with E-state index in [4.69, 9.17) is 4.74 Å². The Kier molecular flexibility index (Phi) is 4.93. The number of carbonyl (C=O) groups excluding carboxylic acids is 2. The van der Waals surface area contributed by atoms with E-state index in [1.807, 2.05) is 23.1 Å². The Morgan fingerprint density at radius 2 is 2.04 bits per heavy atom. The maximum atomic E-state index is 12.7. The molecule has 0 saturated carbocycles. The first kappa shape index (κ1) is 16.0. The van der Waals surface area contributed by atoms with Crippen molar-refractivity contribution in [3.8, 4) is 0 Å². The SMILES string of the molecule is CN1CCN(CC(=O)N2COCCC2c2ccccc2)CC1=O. The molecule has 6 heteroatoms. The highest BCUT2D eigenvalue weighted by atomic mass is 16.5. The summed E-state index contributed by atoms with van der Waals surface area (Å²) in [6, 6.07) is 10.1. The summed E-state index contributed by atoms with van der Waals surface area (Å²) in [7, 11) is 1.80. The maximum absolute atomic E-state index is 12.7. The molecule has 1 atom stereocenters. The predicted octanol–water partition coefficient (Wildman–Crippen LogP) is 0.708. The van der Waals surface area contributed by atoms with E-state index in [1.54, 1.807) is 16.8 Å². The number of ether oxygens (including phenoxy) is 1. The molecule has 0 spiro atoms. The second kappa shape index (κ2) is 7.10. The van der Waals surface area contributed by atoms with Crippen molar-refractivity contribution >= 4 is 11.8 Å². The second-order valence-electron chi connectivity index (χ2n) is 6.14. The van der Waals surface area contributed by atoms with Crippen LogP contribution >= 0.6 is 0 Å². The minimum atomic E-state index is 0.0240. The second-order valence-corrected chi connectivity index (χ2v) is 6.14. The average molecular weight is 317 g/mol. The maximum Gasteiger partial charge on any atom is 0.239 e. The van der Waals surface area contributed by atoms with Gasteiger partial charge in [0, 0.05) is 20.1 Å². The van der Waals surface area contributed by atoms with Crippen LogP contribution in [-0.4, -0.2) is 73.1 Å². The summed E-state index contributed by atoms with van der Waals surface area (Å²) in [4.78, 5) is 29.9. The number of rotatable bonds is 3. The summed E-state index contributed by atoms with van der Waals surface area (Å²) < 4.78 is 5.49. The standard InChI is InChI=1S/C17H23N3O3/c1-18-8-9-19(11-16(18)21)12-17(22)20-13-23-10-7-15(20)14-5-3-2-4-6-14/h2-6,15H,7-13H2,1H3. The van der Waals surface area contributed by atoms with Gasteiger partial charge in [-0.3, -0.25) is 14.5 Å². The molecule has 0 aromatic heterocycles. The molecule has 2 amide bonds. The number of carbonyl (C=O) groups is 2. The minimum Gasteiger partial charge on any atom is -0.361 e. The molecule has 0 bridgehead atoms. The van der Waals surface area contributed by atoms with E-state index in [9.17, 15) is 9.59 Å². The number of amides is 2. The Bertz CT molecular complexity index is 563. The van der Waals surface area contributed by atoms with E-state index < -0.39 is 0 Å². The zero-order valence-corrected chi connectivity index (χ0v) is 13.5. The molecule has 3 rings (SSSR count). The van der Waals surface area contributed by atoms with Crippen LogP contribution < -0.4 is 0 Å². The Balaban J connectivity index is 1.66. The van der Waals surface area contributed by atoms with Crippen molar-refractivity contribution in [1.29, 1.82) is 0 Å². The first-order valence-electron chi connectivity index (χ1n) is 8.03. The minimum absolute atomic E-state index is 0.0240. The zero-order chi connectivity index (χ0) is 16.2. The molecule has 124 valence electrons. The molecule has 1 aromatic rings. The van der Waals surface area contributed by atoms with Crippen LogP contribution in [0.15, 0.2) is 30.3 Å².